The smallest absolute Gasteiger partial charge is 0.261 e. The Kier molecular flexibility index (Phi) is 12.7. The van der Waals surface area contributed by atoms with Gasteiger partial charge in [-0.1, -0.05) is 0 Å². The second-order valence-corrected chi connectivity index (χ2v) is 2.20. The van der Waals surface area contributed by atoms with E-state index in [0.29, 0.717) is 6.26 Å². The molecular formula is CH5FKO3S. The standard InChI is InChI=1S/CH4O3S.FH.K/c1-5(2,3)4;;/h1H3,(H,2,3,4);1H;. The van der Waals surface area contributed by atoms with Crippen LogP contribution >= 0.6 is 0 Å². The molecule has 0 rings (SSSR count). The molecule has 1 radical (unpaired) electrons. The monoisotopic (exact) mass is 155 g/mol. The van der Waals surface area contributed by atoms with Gasteiger partial charge in [-0.15, -0.1) is 0 Å². The minimum Gasteiger partial charge on any atom is -0.286 e. The van der Waals surface area contributed by atoms with Crippen LogP contribution in [-0.4, -0.2) is 70.6 Å². The van der Waals surface area contributed by atoms with E-state index in [1.807, 2.05) is 0 Å². The quantitative estimate of drug-likeness (QED) is 0.371. The molecule has 0 amide bonds. The Bertz CT molecular complexity index is 98.1. The van der Waals surface area contributed by atoms with Crippen LogP contribution in [0.5, 0.6) is 0 Å². The molecule has 0 saturated carbocycles. The zero-order valence-corrected chi connectivity index (χ0v) is 8.02. The molecule has 0 aliphatic carbocycles. The van der Waals surface area contributed by atoms with E-state index in [9.17, 15) is 8.42 Å². The van der Waals surface area contributed by atoms with Crippen LogP contribution in [0.25, 0.3) is 0 Å². The predicted octanol–water partition coefficient (Wildman–Crippen LogP) is -0.724. The summed E-state index contributed by atoms with van der Waals surface area (Å²) in [6.45, 7) is 0. The van der Waals surface area contributed by atoms with Gasteiger partial charge in [0.15, 0.2) is 0 Å². The summed E-state index contributed by atoms with van der Waals surface area (Å²) in [5.41, 5.74) is 0. The van der Waals surface area contributed by atoms with Crippen LogP contribution in [-0.2, 0) is 10.1 Å². The number of rotatable bonds is 0. The van der Waals surface area contributed by atoms with Gasteiger partial charge in [-0.25, -0.2) is 0 Å². The maximum atomic E-state index is 9.19. The third-order valence-corrected chi connectivity index (χ3v) is 0. The van der Waals surface area contributed by atoms with Gasteiger partial charge in [-0.3, -0.25) is 9.26 Å². The van der Waals surface area contributed by atoms with Crippen LogP contribution in [0.2, 0.25) is 0 Å². The van der Waals surface area contributed by atoms with Crippen LogP contribution in [0.4, 0.5) is 4.70 Å². The molecule has 0 heterocycles. The van der Waals surface area contributed by atoms with Crippen molar-refractivity contribution in [3.05, 3.63) is 0 Å². The Hall–Kier alpha value is 1.48. The van der Waals surface area contributed by atoms with E-state index >= 15 is 0 Å². The Morgan fingerprint density at radius 3 is 1.43 bits per heavy atom. The largest absolute Gasteiger partial charge is 0.286 e. The average molecular weight is 155 g/mol. The van der Waals surface area contributed by atoms with E-state index < -0.39 is 10.1 Å². The SMILES string of the molecule is CS(=O)(=O)O.F.[K]. The molecule has 0 aromatic rings. The van der Waals surface area contributed by atoms with Crippen molar-refractivity contribution in [1.82, 2.24) is 0 Å². The molecule has 0 unspecified atom stereocenters. The van der Waals surface area contributed by atoms with E-state index in [-0.39, 0.29) is 56.1 Å². The first-order chi connectivity index (χ1) is 2.00. The van der Waals surface area contributed by atoms with Crippen molar-refractivity contribution in [1.29, 1.82) is 0 Å². The van der Waals surface area contributed by atoms with Crippen LogP contribution in [0, 0.1) is 0 Å². The first-order valence-electron chi connectivity index (χ1n) is 0.924. The molecular weight excluding hydrogens is 150 g/mol. The number of halogens is 1. The van der Waals surface area contributed by atoms with Crippen LogP contribution in [0.3, 0.4) is 0 Å². The molecule has 0 aliphatic heterocycles. The Morgan fingerprint density at radius 2 is 1.43 bits per heavy atom. The summed E-state index contributed by atoms with van der Waals surface area (Å²) in [6, 6.07) is 0. The summed E-state index contributed by atoms with van der Waals surface area (Å²) in [5, 5.41) is 0. The zero-order valence-electron chi connectivity index (χ0n) is 4.08. The predicted molar refractivity (Wildman–Crippen MR) is 25.7 cm³/mol. The van der Waals surface area contributed by atoms with Gasteiger partial charge in [0.1, 0.15) is 0 Å². The molecule has 41 valence electrons. The zero-order chi connectivity index (χ0) is 4.50. The van der Waals surface area contributed by atoms with Crippen molar-refractivity contribution >= 4 is 61.5 Å². The Morgan fingerprint density at radius 1 is 1.43 bits per heavy atom. The molecule has 0 spiro atoms. The Labute approximate surface area is 84.0 Å². The van der Waals surface area contributed by atoms with Gasteiger partial charge in [0.25, 0.3) is 10.1 Å². The fourth-order valence-corrected chi connectivity index (χ4v) is 0. The average Bonchev–Trinajstić information content (AvgIpc) is 0.722. The summed E-state index contributed by atoms with van der Waals surface area (Å²) >= 11 is 0. The minimum absolute atomic E-state index is 0. The molecule has 0 aliphatic rings. The molecule has 6 heteroatoms. The summed E-state index contributed by atoms with van der Waals surface area (Å²) in [6.07, 6.45) is 0.715. The normalized spacial score (nSPS) is 8.29. The van der Waals surface area contributed by atoms with Crippen molar-refractivity contribution in [2.24, 2.45) is 0 Å². The molecule has 0 aromatic carbocycles. The molecule has 0 fully saturated rings. The molecule has 0 atom stereocenters. The molecule has 0 saturated heterocycles. The topological polar surface area (TPSA) is 54.4 Å². The maximum Gasteiger partial charge on any atom is 0.261 e. The van der Waals surface area contributed by atoms with Gasteiger partial charge in [-0.2, -0.15) is 8.42 Å². The first kappa shape index (κ1) is 15.8. The fraction of sp³-hybridized carbons (Fsp3) is 1.00. The maximum absolute atomic E-state index is 9.19. The third kappa shape index (κ3) is 103. The van der Waals surface area contributed by atoms with Crippen molar-refractivity contribution in [3.63, 3.8) is 0 Å². The van der Waals surface area contributed by atoms with Gasteiger partial charge in [0.2, 0.25) is 0 Å². The summed E-state index contributed by atoms with van der Waals surface area (Å²) in [4.78, 5) is 0. The molecule has 3 nitrogen and oxygen atoms in total. The molecule has 7 heavy (non-hydrogen) atoms. The van der Waals surface area contributed by atoms with Crippen molar-refractivity contribution in [3.8, 4) is 0 Å². The number of hydrogen-bond donors (Lipinski definition) is 1. The van der Waals surface area contributed by atoms with E-state index in [0.717, 1.165) is 0 Å². The van der Waals surface area contributed by atoms with Crippen LogP contribution in [0.1, 0.15) is 0 Å². The first-order valence-corrected chi connectivity index (χ1v) is 2.77. The van der Waals surface area contributed by atoms with Gasteiger partial charge in [0.05, 0.1) is 6.26 Å². The van der Waals surface area contributed by atoms with Gasteiger partial charge in [0, 0.05) is 51.4 Å². The van der Waals surface area contributed by atoms with Crippen LogP contribution < -0.4 is 0 Å². The summed E-state index contributed by atoms with van der Waals surface area (Å²) in [5.74, 6) is 0. The van der Waals surface area contributed by atoms with Crippen molar-refractivity contribution in [2.45, 2.75) is 0 Å². The summed E-state index contributed by atoms with van der Waals surface area (Å²) < 4.78 is 25.9. The fourth-order valence-electron chi connectivity index (χ4n) is 0. The molecule has 0 bridgehead atoms. The van der Waals surface area contributed by atoms with E-state index in [1.54, 1.807) is 0 Å². The van der Waals surface area contributed by atoms with Crippen molar-refractivity contribution < 1.29 is 17.7 Å². The number of hydrogen-bond acceptors (Lipinski definition) is 2. The van der Waals surface area contributed by atoms with Gasteiger partial charge >= 0.3 is 0 Å². The minimum atomic E-state index is -3.67. The van der Waals surface area contributed by atoms with Crippen molar-refractivity contribution in [2.75, 3.05) is 6.26 Å². The summed E-state index contributed by atoms with van der Waals surface area (Å²) in [7, 11) is -3.67. The molecule has 0 aromatic heterocycles. The Balaban J connectivity index is -0.0000000800. The van der Waals surface area contributed by atoms with E-state index in [1.165, 1.54) is 0 Å². The second kappa shape index (κ2) is 5.61. The second-order valence-electron chi connectivity index (χ2n) is 0.733. The van der Waals surface area contributed by atoms with Gasteiger partial charge in [-0.05, 0) is 0 Å². The third-order valence-electron chi connectivity index (χ3n) is 0. The van der Waals surface area contributed by atoms with E-state index in [4.69, 9.17) is 4.55 Å². The van der Waals surface area contributed by atoms with E-state index in [2.05, 4.69) is 0 Å². The van der Waals surface area contributed by atoms with Crippen LogP contribution in [0.15, 0.2) is 0 Å². The molecule has 1 N–H and O–H groups in total. The van der Waals surface area contributed by atoms with Gasteiger partial charge < -0.3 is 0 Å².